The van der Waals surface area contributed by atoms with Gasteiger partial charge in [-0.25, -0.2) is 4.98 Å². The molecule has 3 heterocycles. The van der Waals surface area contributed by atoms with Gasteiger partial charge in [0.15, 0.2) is 11.5 Å². The van der Waals surface area contributed by atoms with E-state index in [0.29, 0.717) is 29.2 Å². The molecule has 4 rings (SSSR count). The molecule has 0 unspecified atom stereocenters. The molecule has 3 atom stereocenters. The zero-order chi connectivity index (χ0) is 26.5. The van der Waals surface area contributed by atoms with Crippen LogP contribution in [0.2, 0.25) is 0 Å². The average molecular weight is 510 g/mol. The van der Waals surface area contributed by atoms with Gasteiger partial charge in [-0.15, -0.1) is 0 Å². The molecule has 0 aliphatic carbocycles. The molecule has 2 aromatic rings. The number of fused-ring (bicyclic) bond motifs is 2. The zero-order valence-corrected chi connectivity index (χ0v) is 21.4. The van der Waals surface area contributed by atoms with Gasteiger partial charge in [-0.05, 0) is 31.2 Å². The van der Waals surface area contributed by atoms with Crippen molar-refractivity contribution < 1.29 is 33.6 Å². The summed E-state index contributed by atoms with van der Waals surface area (Å²) < 4.78 is 22.0. The minimum Gasteiger partial charge on any atom is -0.472 e. The standard InChI is InChI=1S/C27H31N3O7/c1-17-13-30(18(2)15-31)27(33)21-10-19(6-5-9-34-4)12-28-25(21)37-24(17)14-29(3)26(32)20-7-8-22-23(11-20)36-16-35-22/h7-8,10-12,17-18,24,31H,9,13-16H2,1-4H3/t17-,18-,24-/m1/s1. The Morgan fingerprint density at radius 1 is 1.32 bits per heavy atom. The monoisotopic (exact) mass is 509 g/mol. The van der Waals surface area contributed by atoms with E-state index in [1.165, 1.54) is 0 Å². The van der Waals surface area contributed by atoms with Crippen molar-refractivity contribution in [2.45, 2.75) is 26.0 Å². The number of hydrogen-bond donors (Lipinski definition) is 1. The lowest BCUT2D eigenvalue weighted by molar-refractivity contribution is 0.0313. The molecule has 1 N–H and O–H groups in total. The smallest absolute Gasteiger partial charge is 0.259 e. The number of aliphatic hydroxyl groups excluding tert-OH is 1. The number of carbonyl (C=O) groups excluding carboxylic acids is 2. The minimum atomic E-state index is -0.471. The Morgan fingerprint density at radius 3 is 2.86 bits per heavy atom. The van der Waals surface area contributed by atoms with E-state index in [2.05, 4.69) is 16.8 Å². The third kappa shape index (κ3) is 5.79. The lowest BCUT2D eigenvalue weighted by Crippen LogP contribution is -2.50. The Kier molecular flexibility index (Phi) is 8.16. The maximum atomic E-state index is 13.5. The first kappa shape index (κ1) is 26.3. The molecule has 2 amide bonds. The quantitative estimate of drug-likeness (QED) is 0.587. The fraction of sp³-hybridized carbons (Fsp3) is 0.444. The molecule has 2 aliphatic heterocycles. The van der Waals surface area contributed by atoms with E-state index in [0.717, 1.165) is 0 Å². The number of aromatic nitrogens is 1. The number of amides is 2. The maximum absolute atomic E-state index is 13.5. The number of likely N-dealkylation sites (N-methyl/N-ethyl adjacent to an activating group) is 1. The first-order chi connectivity index (χ1) is 17.8. The van der Waals surface area contributed by atoms with E-state index >= 15 is 0 Å². The van der Waals surface area contributed by atoms with Gasteiger partial charge in [-0.3, -0.25) is 9.59 Å². The van der Waals surface area contributed by atoms with Crippen molar-refractivity contribution >= 4 is 11.8 Å². The fourth-order valence-corrected chi connectivity index (χ4v) is 4.20. The second kappa shape index (κ2) is 11.5. The molecule has 0 spiro atoms. The van der Waals surface area contributed by atoms with Crippen molar-refractivity contribution in [3.05, 3.63) is 47.2 Å². The van der Waals surface area contributed by atoms with Gasteiger partial charge in [0.25, 0.3) is 11.8 Å². The Bertz CT molecular complexity index is 1220. The second-order valence-corrected chi connectivity index (χ2v) is 9.19. The van der Waals surface area contributed by atoms with Crippen LogP contribution in [0.15, 0.2) is 30.5 Å². The molecule has 0 radical (unpaired) electrons. The highest BCUT2D eigenvalue weighted by atomic mass is 16.7. The summed E-state index contributed by atoms with van der Waals surface area (Å²) in [5.74, 6) is 6.42. The fourth-order valence-electron chi connectivity index (χ4n) is 4.20. The molecule has 0 bridgehead atoms. The summed E-state index contributed by atoms with van der Waals surface area (Å²) in [7, 11) is 3.25. The zero-order valence-electron chi connectivity index (χ0n) is 21.4. The molecule has 2 aliphatic rings. The molecule has 0 fully saturated rings. The second-order valence-electron chi connectivity index (χ2n) is 9.19. The van der Waals surface area contributed by atoms with Gasteiger partial charge < -0.3 is 33.9 Å². The number of hydrogen-bond acceptors (Lipinski definition) is 8. The molecule has 0 saturated heterocycles. The van der Waals surface area contributed by atoms with Crippen molar-refractivity contribution in [3.8, 4) is 29.2 Å². The molecule has 10 nitrogen and oxygen atoms in total. The molecule has 1 aromatic heterocycles. The average Bonchev–Trinajstić information content (AvgIpc) is 3.38. The van der Waals surface area contributed by atoms with E-state index < -0.39 is 12.1 Å². The van der Waals surface area contributed by atoms with Gasteiger partial charge in [-0.2, -0.15) is 0 Å². The molecular formula is C27H31N3O7. The van der Waals surface area contributed by atoms with Crippen LogP contribution in [0.5, 0.6) is 17.4 Å². The van der Waals surface area contributed by atoms with E-state index in [1.54, 1.807) is 61.3 Å². The van der Waals surface area contributed by atoms with Crippen LogP contribution in [0.4, 0.5) is 0 Å². The first-order valence-corrected chi connectivity index (χ1v) is 12.0. The van der Waals surface area contributed by atoms with Crippen molar-refractivity contribution in [2.75, 3.05) is 47.3 Å². The lowest BCUT2D eigenvalue weighted by Gasteiger charge is -2.37. The third-order valence-corrected chi connectivity index (χ3v) is 6.39. The van der Waals surface area contributed by atoms with Crippen molar-refractivity contribution in [1.29, 1.82) is 0 Å². The topological polar surface area (TPSA) is 111 Å². The lowest BCUT2D eigenvalue weighted by atomic mass is 9.99. The van der Waals surface area contributed by atoms with Crippen LogP contribution >= 0.6 is 0 Å². The van der Waals surface area contributed by atoms with Gasteiger partial charge in [0, 0.05) is 43.9 Å². The van der Waals surface area contributed by atoms with Crippen molar-refractivity contribution in [3.63, 3.8) is 0 Å². The summed E-state index contributed by atoms with van der Waals surface area (Å²) in [6.07, 6.45) is 1.07. The molecule has 37 heavy (non-hydrogen) atoms. The van der Waals surface area contributed by atoms with Crippen molar-refractivity contribution in [2.24, 2.45) is 5.92 Å². The van der Waals surface area contributed by atoms with E-state index in [1.807, 2.05) is 6.92 Å². The SMILES string of the molecule is COCC#Cc1cnc2c(c1)C(=O)N([C@H](C)CO)C[C@@H](C)[C@@H](CN(C)C(=O)c1ccc3c(c1)OCO3)O2. The number of methoxy groups -OCH3 is 1. The Hall–Kier alpha value is -3.81. The van der Waals surface area contributed by atoms with Crippen LogP contribution in [0, 0.1) is 17.8 Å². The number of benzene rings is 1. The normalized spacial score (nSPS) is 19.1. The highest BCUT2D eigenvalue weighted by Crippen LogP contribution is 2.33. The van der Waals surface area contributed by atoms with Crippen LogP contribution in [0.1, 0.15) is 40.1 Å². The number of ether oxygens (including phenoxy) is 4. The molecule has 1 aromatic carbocycles. The number of nitrogens with zero attached hydrogens (tertiary/aromatic N) is 3. The Balaban J connectivity index is 1.61. The van der Waals surface area contributed by atoms with Crippen LogP contribution in [-0.4, -0.2) is 91.1 Å². The summed E-state index contributed by atoms with van der Waals surface area (Å²) in [5.41, 5.74) is 1.27. The molecule has 10 heteroatoms. The Labute approximate surface area is 216 Å². The summed E-state index contributed by atoms with van der Waals surface area (Å²) in [6.45, 7) is 4.50. The number of pyridine rings is 1. The maximum Gasteiger partial charge on any atom is 0.259 e. The minimum absolute atomic E-state index is 0.129. The van der Waals surface area contributed by atoms with Crippen LogP contribution in [0.25, 0.3) is 0 Å². The predicted molar refractivity (Wildman–Crippen MR) is 134 cm³/mol. The first-order valence-electron chi connectivity index (χ1n) is 12.0. The van der Waals surface area contributed by atoms with Crippen LogP contribution in [-0.2, 0) is 4.74 Å². The number of aliphatic hydroxyl groups is 1. The van der Waals surface area contributed by atoms with Gasteiger partial charge in [0.2, 0.25) is 12.7 Å². The third-order valence-electron chi connectivity index (χ3n) is 6.39. The molecule has 196 valence electrons. The number of carbonyl (C=O) groups is 2. The number of rotatable bonds is 6. The predicted octanol–water partition coefficient (Wildman–Crippen LogP) is 1.80. The summed E-state index contributed by atoms with van der Waals surface area (Å²) in [5, 5.41) is 9.83. The highest BCUT2D eigenvalue weighted by molar-refractivity contribution is 5.97. The van der Waals surface area contributed by atoms with E-state index in [4.69, 9.17) is 18.9 Å². The molecular weight excluding hydrogens is 478 g/mol. The largest absolute Gasteiger partial charge is 0.472 e. The Morgan fingerprint density at radius 2 is 2.11 bits per heavy atom. The van der Waals surface area contributed by atoms with Gasteiger partial charge in [-0.1, -0.05) is 18.8 Å². The highest BCUT2D eigenvalue weighted by Gasteiger charge is 2.35. The van der Waals surface area contributed by atoms with Gasteiger partial charge >= 0.3 is 0 Å². The van der Waals surface area contributed by atoms with Crippen LogP contribution in [0.3, 0.4) is 0 Å². The van der Waals surface area contributed by atoms with Gasteiger partial charge in [0.1, 0.15) is 18.3 Å². The van der Waals surface area contributed by atoms with Crippen LogP contribution < -0.4 is 14.2 Å². The summed E-state index contributed by atoms with van der Waals surface area (Å²) >= 11 is 0. The van der Waals surface area contributed by atoms with Crippen molar-refractivity contribution in [1.82, 2.24) is 14.8 Å². The summed E-state index contributed by atoms with van der Waals surface area (Å²) in [4.78, 5) is 34.3. The molecule has 0 saturated carbocycles. The van der Waals surface area contributed by atoms with E-state index in [-0.39, 0.29) is 55.7 Å². The van der Waals surface area contributed by atoms with Gasteiger partial charge in [0.05, 0.1) is 19.2 Å². The van der Waals surface area contributed by atoms with E-state index in [9.17, 15) is 14.7 Å². The summed E-state index contributed by atoms with van der Waals surface area (Å²) in [6, 6.07) is 6.29.